The molecule has 2 heteroatoms. The fourth-order valence-corrected chi connectivity index (χ4v) is 2.21. The molecule has 0 bridgehead atoms. The molecule has 2 aliphatic carbocycles. The minimum Gasteiger partial charge on any atom is -0.380 e. The molecule has 1 atom stereocenters. The van der Waals surface area contributed by atoms with E-state index in [2.05, 4.69) is 0 Å². The Morgan fingerprint density at radius 2 is 1.85 bits per heavy atom. The van der Waals surface area contributed by atoms with Crippen molar-refractivity contribution in [3.05, 3.63) is 0 Å². The summed E-state index contributed by atoms with van der Waals surface area (Å²) in [5.74, 6) is 1.62. The van der Waals surface area contributed by atoms with Crippen molar-refractivity contribution in [3.8, 4) is 0 Å². The van der Waals surface area contributed by atoms with E-state index < -0.39 is 0 Å². The molecule has 2 nitrogen and oxygen atoms in total. The second-order valence-corrected chi connectivity index (χ2v) is 4.69. The van der Waals surface area contributed by atoms with Gasteiger partial charge in [0.15, 0.2) is 0 Å². The van der Waals surface area contributed by atoms with Crippen molar-refractivity contribution < 1.29 is 4.74 Å². The zero-order chi connectivity index (χ0) is 9.10. The maximum atomic E-state index is 5.94. The Balaban J connectivity index is 1.52. The summed E-state index contributed by atoms with van der Waals surface area (Å²) in [6.45, 7) is 1.75. The van der Waals surface area contributed by atoms with Crippen LogP contribution in [0.15, 0.2) is 0 Å². The quantitative estimate of drug-likeness (QED) is 0.707. The molecule has 2 rings (SSSR count). The molecular weight excluding hydrogens is 162 g/mol. The molecule has 0 heterocycles. The number of rotatable bonds is 5. The minimum atomic E-state index is 0.321. The van der Waals surface area contributed by atoms with Crippen LogP contribution in [0, 0.1) is 11.8 Å². The van der Waals surface area contributed by atoms with Gasteiger partial charge in [-0.25, -0.2) is 0 Å². The average molecular weight is 183 g/mol. The van der Waals surface area contributed by atoms with Crippen LogP contribution in [0.5, 0.6) is 0 Å². The van der Waals surface area contributed by atoms with Crippen molar-refractivity contribution in [3.63, 3.8) is 0 Å². The largest absolute Gasteiger partial charge is 0.380 e. The van der Waals surface area contributed by atoms with Crippen LogP contribution in [0.3, 0.4) is 0 Å². The van der Waals surface area contributed by atoms with Gasteiger partial charge in [0.1, 0.15) is 0 Å². The molecule has 0 radical (unpaired) electrons. The molecule has 76 valence electrons. The summed E-state index contributed by atoms with van der Waals surface area (Å²) in [4.78, 5) is 0. The van der Waals surface area contributed by atoms with Crippen LogP contribution in [-0.4, -0.2) is 19.3 Å². The Labute approximate surface area is 80.8 Å². The van der Waals surface area contributed by atoms with Gasteiger partial charge in [0.25, 0.3) is 0 Å². The van der Waals surface area contributed by atoms with Gasteiger partial charge >= 0.3 is 0 Å². The van der Waals surface area contributed by atoms with Crippen LogP contribution >= 0.6 is 0 Å². The van der Waals surface area contributed by atoms with E-state index in [-0.39, 0.29) is 0 Å². The van der Waals surface area contributed by atoms with Crippen molar-refractivity contribution in [2.24, 2.45) is 17.6 Å². The summed E-state index contributed by atoms with van der Waals surface area (Å²) >= 11 is 0. The summed E-state index contributed by atoms with van der Waals surface area (Å²) in [6.07, 6.45) is 8.21. The third-order valence-corrected chi connectivity index (χ3v) is 3.37. The van der Waals surface area contributed by atoms with Crippen molar-refractivity contribution >= 4 is 0 Å². The first-order valence-corrected chi connectivity index (χ1v) is 5.69. The Bertz CT molecular complexity index is 148. The first-order chi connectivity index (χ1) is 6.36. The topological polar surface area (TPSA) is 35.2 Å². The highest BCUT2D eigenvalue weighted by molar-refractivity contribution is 4.83. The van der Waals surface area contributed by atoms with Gasteiger partial charge in [-0.15, -0.1) is 0 Å². The molecule has 0 aromatic rings. The van der Waals surface area contributed by atoms with Crippen molar-refractivity contribution in [1.82, 2.24) is 0 Å². The van der Waals surface area contributed by atoms with Gasteiger partial charge < -0.3 is 10.5 Å². The molecule has 2 fully saturated rings. The molecule has 2 saturated carbocycles. The van der Waals surface area contributed by atoms with Crippen LogP contribution in [-0.2, 0) is 4.74 Å². The molecule has 2 aliphatic rings. The third kappa shape index (κ3) is 2.96. The summed E-state index contributed by atoms with van der Waals surface area (Å²) in [5.41, 5.74) is 5.94. The Kier molecular flexibility index (Phi) is 3.23. The van der Waals surface area contributed by atoms with E-state index in [0.29, 0.717) is 6.04 Å². The second kappa shape index (κ2) is 4.43. The van der Waals surface area contributed by atoms with Gasteiger partial charge in [-0.3, -0.25) is 0 Å². The SMILES string of the molecule is NC(COCC1CCCC1)C1CC1. The fraction of sp³-hybridized carbons (Fsp3) is 1.00. The average Bonchev–Trinajstić information content (AvgIpc) is 2.86. The lowest BCUT2D eigenvalue weighted by Gasteiger charge is -2.13. The molecule has 2 N–H and O–H groups in total. The Hall–Kier alpha value is -0.0800. The lowest BCUT2D eigenvalue weighted by Crippen LogP contribution is -2.29. The predicted molar refractivity (Wildman–Crippen MR) is 53.5 cm³/mol. The number of hydrogen-bond donors (Lipinski definition) is 1. The van der Waals surface area contributed by atoms with E-state index in [9.17, 15) is 0 Å². The highest BCUT2D eigenvalue weighted by Crippen LogP contribution is 2.31. The molecule has 1 unspecified atom stereocenters. The van der Waals surface area contributed by atoms with Crippen molar-refractivity contribution in [2.75, 3.05) is 13.2 Å². The number of nitrogens with two attached hydrogens (primary N) is 1. The van der Waals surface area contributed by atoms with Crippen LogP contribution in [0.25, 0.3) is 0 Å². The molecule has 13 heavy (non-hydrogen) atoms. The third-order valence-electron chi connectivity index (χ3n) is 3.37. The predicted octanol–water partition coefficient (Wildman–Crippen LogP) is 1.93. The normalized spacial score (nSPS) is 26.5. The van der Waals surface area contributed by atoms with E-state index in [0.717, 1.165) is 25.0 Å². The standard InChI is InChI=1S/C11H21NO/c12-11(10-5-6-10)8-13-7-9-3-1-2-4-9/h9-11H,1-8,12H2. The van der Waals surface area contributed by atoms with Crippen LogP contribution in [0.4, 0.5) is 0 Å². The van der Waals surface area contributed by atoms with E-state index in [1.807, 2.05) is 0 Å². The smallest absolute Gasteiger partial charge is 0.0620 e. The van der Waals surface area contributed by atoms with Crippen LogP contribution < -0.4 is 5.73 Å². The Morgan fingerprint density at radius 1 is 1.15 bits per heavy atom. The van der Waals surface area contributed by atoms with E-state index in [4.69, 9.17) is 10.5 Å². The maximum absolute atomic E-state index is 5.94. The molecular formula is C11H21NO. The lowest BCUT2D eigenvalue weighted by molar-refractivity contribution is 0.0865. The van der Waals surface area contributed by atoms with Gasteiger partial charge in [-0.1, -0.05) is 12.8 Å². The summed E-state index contributed by atoms with van der Waals surface area (Å²) in [6, 6.07) is 0.321. The van der Waals surface area contributed by atoms with E-state index in [1.165, 1.54) is 38.5 Å². The zero-order valence-electron chi connectivity index (χ0n) is 8.37. The first kappa shape index (κ1) is 9.47. The molecule has 0 spiro atoms. The first-order valence-electron chi connectivity index (χ1n) is 5.69. The molecule has 0 saturated heterocycles. The summed E-state index contributed by atoms with van der Waals surface area (Å²) in [5, 5.41) is 0. The number of ether oxygens (including phenoxy) is 1. The zero-order valence-corrected chi connectivity index (χ0v) is 8.37. The molecule has 0 amide bonds. The minimum absolute atomic E-state index is 0.321. The summed E-state index contributed by atoms with van der Waals surface area (Å²) < 4.78 is 5.66. The van der Waals surface area contributed by atoms with Crippen molar-refractivity contribution in [2.45, 2.75) is 44.6 Å². The number of hydrogen-bond acceptors (Lipinski definition) is 2. The van der Waals surface area contributed by atoms with E-state index in [1.54, 1.807) is 0 Å². The van der Waals surface area contributed by atoms with E-state index >= 15 is 0 Å². The van der Waals surface area contributed by atoms with Crippen molar-refractivity contribution in [1.29, 1.82) is 0 Å². The lowest BCUT2D eigenvalue weighted by atomic mass is 10.1. The fourth-order valence-electron chi connectivity index (χ4n) is 2.21. The highest BCUT2D eigenvalue weighted by atomic mass is 16.5. The Morgan fingerprint density at radius 3 is 2.46 bits per heavy atom. The maximum Gasteiger partial charge on any atom is 0.0620 e. The summed E-state index contributed by atoms with van der Waals surface area (Å²) in [7, 11) is 0. The highest BCUT2D eigenvalue weighted by Gasteiger charge is 2.28. The van der Waals surface area contributed by atoms with Crippen LogP contribution in [0.2, 0.25) is 0 Å². The van der Waals surface area contributed by atoms with Gasteiger partial charge in [0, 0.05) is 12.6 Å². The molecule has 0 aromatic heterocycles. The second-order valence-electron chi connectivity index (χ2n) is 4.69. The van der Waals surface area contributed by atoms with Gasteiger partial charge in [0.05, 0.1) is 6.61 Å². The van der Waals surface area contributed by atoms with Gasteiger partial charge in [-0.2, -0.15) is 0 Å². The molecule has 0 aliphatic heterocycles. The molecule has 0 aromatic carbocycles. The van der Waals surface area contributed by atoms with Gasteiger partial charge in [-0.05, 0) is 37.5 Å². The van der Waals surface area contributed by atoms with Gasteiger partial charge in [0.2, 0.25) is 0 Å². The van der Waals surface area contributed by atoms with Crippen LogP contribution in [0.1, 0.15) is 38.5 Å². The monoisotopic (exact) mass is 183 g/mol.